The highest BCUT2D eigenvalue weighted by molar-refractivity contribution is 6.02. The molecular weight excluding hydrogens is 486 g/mol. The summed E-state index contributed by atoms with van der Waals surface area (Å²) in [5, 5.41) is 33.9. The number of aromatic carboxylic acids is 2. The summed E-state index contributed by atoms with van der Waals surface area (Å²) in [4.78, 5) is 59.0. The summed E-state index contributed by atoms with van der Waals surface area (Å²) in [6.07, 6.45) is 3.63. The molecule has 1 heterocycles. The summed E-state index contributed by atoms with van der Waals surface area (Å²) in [6, 6.07) is 5.72. The minimum Gasteiger partial charge on any atom is -0.478 e. The predicted octanol–water partition coefficient (Wildman–Crippen LogP) is 2.97. The van der Waals surface area contributed by atoms with Gasteiger partial charge in [0.2, 0.25) is 12.3 Å². The molecule has 0 fully saturated rings. The highest BCUT2D eigenvalue weighted by Crippen LogP contribution is 2.25. The van der Waals surface area contributed by atoms with Gasteiger partial charge in [-0.15, -0.1) is 0 Å². The molecule has 0 aliphatic heterocycles. The van der Waals surface area contributed by atoms with E-state index in [1.165, 1.54) is 18.2 Å². The minimum atomic E-state index is -1.42. The Morgan fingerprint density at radius 3 is 2.30 bits per heavy atom. The molecule has 0 aliphatic rings. The number of carbonyl (C=O) groups excluding carboxylic acids is 3. The fraction of sp³-hybridized carbons (Fsp3) is 0.400. The van der Waals surface area contributed by atoms with Gasteiger partial charge in [-0.1, -0.05) is 39.2 Å². The first kappa shape index (κ1) is 29.0. The van der Waals surface area contributed by atoms with Crippen LogP contribution < -0.4 is 10.6 Å². The van der Waals surface area contributed by atoms with E-state index in [2.05, 4.69) is 10.6 Å². The second-order valence-corrected chi connectivity index (χ2v) is 8.32. The summed E-state index contributed by atoms with van der Waals surface area (Å²) < 4.78 is 5.49. The third-order valence-corrected chi connectivity index (χ3v) is 5.89. The molecule has 0 bridgehead atoms. The molecule has 1 unspecified atom stereocenters. The van der Waals surface area contributed by atoms with Crippen molar-refractivity contribution in [3.05, 3.63) is 47.2 Å². The monoisotopic (exact) mass is 517 g/mol. The van der Waals surface area contributed by atoms with Crippen LogP contribution in [0.25, 0.3) is 11.3 Å². The fourth-order valence-corrected chi connectivity index (χ4v) is 3.95. The summed E-state index contributed by atoms with van der Waals surface area (Å²) in [7, 11) is 0. The van der Waals surface area contributed by atoms with Crippen molar-refractivity contribution < 1.29 is 43.8 Å². The number of hydroxylamine groups is 2. The van der Waals surface area contributed by atoms with Crippen LogP contribution in [0.5, 0.6) is 0 Å². The van der Waals surface area contributed by atoms with Crippen LogP contribution in [0, 0.1) is 5.92 Å². The van der Waals surface area contributed by atoms with Crippen LogP contribution in [0.2, 0.25) is 0 Å². The molecule has 37 heavy (non-hydrogen) atoms. The first-order valence-electron chi connectivity index (χ1n) is 11.8. The van der Waals surface area contributed by atoms with Crippen LogP contribution in [0.3, 0.4) is 0 Å². The van der Waals surface area contributed by atoms with Crippen LogP contribution in [0.1, 0.15) is 77.2 Å². The normalized spacial score (nSPS) is 12.3. The van der Waals surface area contributed by atoms with Crippen molar-refractivity contribution in [1.82, 2.24) is 15.7 Å². The van der Waals surface area contributed by atoms with E-state index in [9.17, 15) is 34.3 Å². The van der Waals surface area contributed by atoms with Crippen molar-refractivity contribution in [1.29, 1.82) is 0 Å². The molecule has 200 valence electrons. The largest absolute Gasteiger partial charge is 0.478 e. The first-order chi connectivity index (χ1) is 17.6. The Morgan fingerprint density at radius 1 is 1.00 bits per heavy atom. The molecule has 5 N–H and O–H groups in total. The number of carbonyl (C=O) groups is 5. The smallest absolute Gasteiger partial charge is 0.336 e. The van der Waals surface area contributed by atoms with Gasteiger partial charge in [-0.3, -0.25) is 19.6 Å². The maximum Gasteiger partial charge on any atom is 0.336 e. The van der Waals surface area contributed by atoms with E-state index < -0.39 is 41.3 Å². The van der Waals surface area contributed by atoms with Gasteiger partial charge >= 0.3 is 11.9 Å². The number of furan rings is 1. The minimum absolute atomic E-state index is 0.114. The zero-order valence-corrected chi connectivity index (χ0v) is 20.6. The zero-order valence-electron chi connectivity index (χ0n) is 20.6. The average Bonchev–Trinajstić information content (AvgIpc) is 3.38. The number of carboxylic acids is 2. The number of nitrogens with one attached hydrogen (secondary N) is 2. The van der Waals surface area contributed by atoms with Gasteiger partial charge in [-0.25, -0.2) is 14.7 Å². The average molecular weight is 518 g/mol. The van der Waals surface area contributed by atoms with Gasteiger partial charge in [0.1, 0.15) is 5.76 Å². The molecule has 0 spiro atoms. The summed E-state index contributed by atoms with van der Waals surface area (Å²) in [6.45, 7) is 3.53. The number of amides is 3. The van der Waals surface area contributed by atoms with Crippen molar-refractivity contribution in [3.8, 4) is 11.3 Å². The Bertz CT molecular complexity index is 1130. The molecule has 1 aromatic carbocycles. The Labute approximate surface area is 213 Å². The fourth-order valence-electron chi connectivity index (χ4n) is 3.95. The highest BCUT2D eigenvalue weighted by Gasteiger charge is 2.30. The lowest BCUT2D eigenvalue weighted by Gasteiger charge is -2.29. The van der Waals surface area contributed by atoms with Gasteiger partial charge in [0.25, 0.3) is 5.91 Å². The van der Waals surface area contributed by atoms with Crippen molar-refractivity contribution in [3.63, 3.8) is 0 Å². The maximum absolute atomic E-state index is 12.8. The quantitative estimate of drug-likeness (QED) is 0.0778. The van der Waals surface area contributed by atoms with Gasteiger partial charge in [0, 0.05) is 5.56 Å². The Hall–Kier alpha value is -4.19. The number of nitrogens with zero attached hydrogens (tertiary/aromatic N) is 1. The van der Waals surface area contributed by atoms with E-state index >= 15 is 0 Å². The van der Waals surface area contributed by atoms with E-state index in [0.717, 1.165) is 31.4 Å². The molecule has 2 rings (SSSR count). The van der Waals surface area contributed by atoms with Gasteiger partial charge in [0.15, 0.2) is 5.76 Å². The van der Waals surface area contributed by atoms with Crippen LogP contribution in [-0.4, -0.2) is 63.4 Å². The third-order valence-electron chi connectivity index (χ3n) is 5.89. The maximum atomic E-state index is 12.8. The van der Waals surface area contributed by atoms with Crippen molar-refractivity contribution in [2.45, 2.75) is 52.0 Å². The Morgan fingerprint density at radius 2 is 1.70 bits per heavy atom. The molecule has 2 aromatic rings. The highest BCUT2D eigenvalue weighted by atomic mass is 16.5. The Balaban J connectivity index is 2.05. The predicted molar refractivity (Wildman–Crippen MR) is 130 cm³/mol. The standard InChI is InChI=1S/C25H31N3O9/c1-3-5-6-7-17(19(4-2)28(36)14-29)22(30)26-13-27-23(31)21-11-10-20(37-21)15-8-9-16(24(32)33)18(12-15)25(34)35/h8-12,14,17,19,36H,3-7,13H2,1-2H3,(H,26,30)(H,27,31)(H,32,33)(H,34,35)/t17?,19-/m1/s1. The summed E-state index contributed by atoms with van der Waals surface area (Å²) in [5.74, 6) is -4.53. The molecule has 0 radical (unpaired) electrons. The summed E-state index contributed by atoms with van der Waals surface area (Å²) >= 11 is 0. The molecular formula is C25H31N3O9. The van der Waals surface area contributed by atoms with Crippen LogP contribution in [0.4, 0.5) is 0 Å². The van der Waals surface area contributed by atoms with Gasteiger partial charge in [-0.2, -0.15) is 0 Å². The van der Waals surface area contributed by atoms with Gasteiger partial charge in [0.05, 0.1) is 29.8 Å². The van der Waals surface area contributed by atoms with Gasteiger partial charge < -0.3 is 25.3 Å². The van der Waals surface area contributed by atoms with Crippen LogP contribution in [-0.2, 0) is 9.59 Å². The molecule has 1 aromatic heterocycles. The van der Waals surface area contributed by atoms with E-state index in [1.807, 2.05) is 6.92 Å². The molecule has 0 saturated heterocycles. The van der Waals surface area contributed by atoms with Gasteiger partial charge in [-0.05, 0) is 37.1 Å². The topological polar surface area (TPSA) is 186 Å². The molecule has 3 amide bonds. The van der Waals surface area contributed by atoms with E-state index in [1.54, 1.807) is 6.92 Å². The number of benzene rings is 1. The second-order valence-electron chi connectivity index (χ2n) is 8.32. The number of carboxylic acid groups (broad SMARTS) is 2. The van der Waals surface area contributed by atoms with E-state index in [-0.39, 0.29) is 35.7 Å². The number of hydrogen-bond acceptors (Lipinski definition) is 7. The van der Waals surface area contributed by atoms with Crippen LogP contribution >= 0.6 is 0 Å². The molecule has 2 atom stereocenters. The van der Waals surface area contributed by atoms with Crippen molar-refractivity contribution in [2.75, 3.05) is 6.67 Å². The zero-order chi connectivity index (χ0) is 27.5. The number of hydrogen-bond donors (Lipinski definition) is 5. The van der Waals surface area contributed by atoms with Crippen molar-refractivity contribution >= 4 is 30.2 Å². The van der Waals surface area contributed by atoms with E-state index in [0.29, 0.717) is 17.9 Å². The third kappa shape index (κ3) is 7.64. The first-order valence-corrected chi connectivity index (χ1v) is 11.8. The van der Waals surface area contributed by atoms with Crippen LogP contribution in [0.15, 0.2) is 34.7 Å². The Kier molecular flexibility index (Phi) is 10.8. The lowest BCUT2D eigenvalue weighted by molar-refractivity contribution is -0.168. The molecule has 0 aliphatic carbocycles. The summed E-state index contributed by atoms with van der Waals surface area (Å²) in [5.41, 5.74) is -0.545. The number of unbranched alkanes of at least 4 members (excludes halogenated alkanes) is 2. The van der Waals surface area contributed by atoms with E-state index in [4.69, 9.17) is 9.52 Å². The second kappa shape index (κ2) is 13.8. The molecule has 12 heteroatoms. The lowest BCUT2D eigenvalue weighted by Crippen LogP contribution is -2.47. The molecule has 12 nitrogen and oxygen atoms in total. The molecule has 0 saturated carbocycles. The SMILES string of the molecule is CCCCCC(C(=O)NCNC(=O)c1ccc(-c2ccc(C(=O)O)c(C(=O)O)c2)o1)[C@@H](CC)N(O)C=O. The van der Waals surface area contributed by atoms with Crippen molar-refractivity contribution in [2.24, 2.45) is 5.92 Å². The number of rotatable bonds is 15. The lowest BCUT2D eigenvalue weighted by atomic mass is 9.90.